The van der Waals surface area contributed by atoms with Crippen LogP contribution in [-0.2, 0) is 19.6 Å². The predicted molar refractivity (Wildman–Crippen MR) is 161 cm³/mol. The van der Waals surface area contributed by atoms with E-state index in [1.165, 1.54) is 18.5 Å². The van der Waals surface area contributed by atoms with Crippen LogP contribution in [-0.4, -0.2) is 35.2 Å². The minimum Gasteiger partial charge on any atom is -0.497 e. The smallest absolute Gasteiger partial charge is 0.140 e. The molecule has 0 aliphatic rings. The van der Waals surface area contributed by atoms with Crippen LogP contribution in [0, 0.1) is 0 Å². The van der Waals surface area contributed by atoms with Crippen LogP contribution in [0.4, 0.5) is 0 Å². The SMILES string of the molecule is CCCCCn1c(-c2ccccc2)nc(-c2ccccc2)c1CN(CCCC)Cc1cc(OC)ccc1OC. The molecule has 4 rings (SSSR count). The zero-order valence-corrected chi connectivity index (χ0v) is 24.0. The van der Waals surface area contributed by atoms with E-state index in [2.05, 4.69) is 90.0 Å². The van der Waals surface area contributed by atoms with Crippen LogP contribution in [0.25, 0.3) is 22.6 Å². The topological polar surface area (TPSA) is 39.5 Å². The number of aromatic nitrogens is 2. The number of imidazole rings is 1. The molecule has 1 heterocycles. The number of ether oxygens (including phenoxy) is 2. The molecule has 0 atom stereocenters. The molecule has 0 aliphatic heterocycles. The average molecular weight is 526 g/mol. The first-order chi connectivity index (χ1) is 19.2. The number of methoxy groups -OCH3 is 2. The van der Waals surface area contributed by atoms with E-state index < -0.39 is 0 Å². The van der Waals surface area contributed by atoms with Crippen molar-refractivity contribution in [3.05, 3.63) is 90.1 Å². The molecule has 0 aliphatic carbocycles. The summed E-state index contributed by atoms with van der Waals surface area (Å²) in [5.41, 5.74) is 5.80. The monoisotopic (exact) mass is 525 g/mol. The summed E-state index contributed by atoms with van der Waals surface area (Å²) in [6.07, 6.45) is 5.79. The van der Waals surface area contributed by atoms with Crippen molar-refractivity contribution < 1.29 is 9.47 Å². The van der Waals surface area contributed by atoms with Gasteiger partial charge in [0.15, 0.2) is 0 Å². The van der Waals surface area contributed by atoms with Gasteiger partial charge in [0.05, 0.1) is 25.6 Å². The molecule has 0 N–H and O–H groups in total. The van der Waals surface area contributed by atoms with E-state index in [1.54, 1.807) is 14.2 Å². The van der Waals surface area contributed by atoms with Crippen molar-refractivity contribution in [1.29, 1.82) is 0 Å². The predicted octanol–water partition coefficient (Wildman–Crippen LogP) is 8.23. The molecule has 3 aromatic carbocycles. The third-order valence-corrected chi connectivity index (χ3v) is 7.22. The molecule has 0 unspecified atom stereocenters. The Morgan fingerprint density at radius 2 is 1.44 bits per heavy atom. The van der Waals surface area contributed by atoms with Crippen molar-refractivity contribution in [2.75, 3.05) is 20.8 Å². The van der Waals surface area contributed by atoms with Gasteiger partial charge in [0.1, 0.15) is 17.3 Å². The fourth-order valence-corrected chi connectivity index (χ4v) is 5.10. The van der Waals surface area contributed by atoms with Gasteiger partial charge in [-0.3, -0.25) is 4.90 Å². The van der Waals surface area contributed by atoms with E-state index >= 15 is 0 Å². The third kappa shape index (κ3) is 7.30. The summed E-state index contributed by atoms with van der Waals surface area (Å²) in [6, 6.07) is 27.3. The van der Waals surface area contributed by atoms with Crippen LogP contribution in [0.5, 0.6) is 11.5 Å². The summed E-state index contributed by atoms with van der Waals surface area (Å²) in [5, 5.41) is 0. The number of unbranched alkanes of at least 4 members (excludes halogenated alkanes) is 3. The summed E-state index contributed by atoms with van der Waals surface area (Å²) in [4.78, 5) is 7.86. The zero-order valence-electron chi connectivity index (χ0n) is 24.0. The normalized spacial score (nSPS) is 11.2. The van der Waals surface area contributed by atoms with Crippen molar-refractivity contribution in [3.63, 3.8) is 0 Å². The molecule has 39 heavy (non-hydrogen) atoms. The summed E-state index contributed by atoms with van der Waals surface area (Å²) in [6.45, 7) is 8.04. The highest BCUT2D eigenvalue weighted by atomic mass is 16.5. The van der Waals surface area contributed by atoms with Crippen molar-refractivity contribution in [1.82, 2.24) is 14.5 Å². The van der Waals surface area contributed by atoms with Crippen molar-refractivity contribution in [3.8, 4) is 34.1 Å². The first-order valence-corrected chi connectivity index (χ1v) is 14.3. The maximum Gasteiger partial charge on any atom is 0.140 e. The van der Waals surface area contributed by atoms with E-state index in [0.717, 1.165) is 85.1 Å². The van der Waals surface area contributed by atoms with E-state index in [0.29, 0.717) is 0 Å². The Morgan fingerprint density at radius 3 is 2.08 bits per heavy atom. The quantitative estimate of drug-likeness (QED) is 0.147. The average Bonchev–Trinajstić information content (AvgIpc) is 3.34. The van der Waals surface area contributed by atoms with Gasteiger partial charge in [-0.25, -0.2) is 4.98 Å². The molecule has 4 aromatic rings. The van der Waals surface area contributed by atoms with Gasteiger partial charge in [-0.1, -0.05) is 93.8 Å². The highest BCUT2D eigenvalue weighted by molar-refractivity contribution is 5.68. The highest BCUT2D eigenvalue weighted by Crippen LogP contribution is 2.32. The van der Waals surface area contributed by atoms with Gasteiger partial charge in [0, 0.05) is 36.3 Å². The van der Waals surface area contributed by atoms with Crippen molar-refractivity contribution >= 4 is 0 Å². The summed E-state index contributed by atoms with van der Waals surface area (Å²) < 4.78 is 13.8. The number of benzene rings is 3. The van der Waals surface area contributed by atoms with Crippen molar-refractivity contribution in [2.45, 2.75) is 65.6 Å². The molecular formula is C34H43N3O2. The summed E-state index contributed by atoms with van der Waals surface area (Å²) in [5.74, 6) is 2.79. The van der Waals surface area contributed by atoms with Gasteiger partial charge in [0.25, 0.3) is 0 Å². The lowest BCUT2D eigenvalue weighted by Crippen LogP contribution is -2.26. The van der Waals surface area contributed by atoms with Gasteiger partial charge in [-0.2, -0.15) is 0 Å². The Labute approximate surface area is 234 Å². The minimum atomic E-state index is 0.773. The molecule has 5 nitrogen and oxygen atoms in total. The first kappa shape index (κ1) is 28.4. The van der Waals surface area contributed by atoms with E-state index in [1.807, 2.05) is 12.1 Å². The number of rotatable bonds is 15. The second-order valence-electron chi connectivity index (χ2n) is 10.1. The van der Waals surface area contributed by atoms with Gasteiger partial charge >= 0.3 is 0 Å². The molecule has 0 saturated heterocycles. The Morgan fingerprint density at radius 1 is 0.744 bits per heavy atom. The lowest BCUT2D eigenvalue weighted by Gasteiger charge is -2.25. The van der Waals surface area contributed by atoms with Crippen LogP contribution < -0.4 is 9.47 Å². The molecule has 1 aromatic heterocycles. The molecule has 0 bridgehead atoms. The Kier molecular flexibility index (Phi) is 10.6. The number of hydrogen-bond donors (Lipinski definition) is 0. The highest BCUT2D eigenvalue weighted by Gasteiger charge is 2.22. The summed E-state index contributed by atoms with van der Waals surface area (Å²) >= 11 is 0. The van der Waals surface area contributed by atoms with E-state index in [9.17, 15) is 0 Å². The molecule has 206 valence electrons. The fraction of sp³-hybridized carbons (Fsp3) is 0.382. The molecule has 5 heteroatoms. The lowest BCUT2D eigenvalue weighted by atomic mass is 10.1. The summed E-state index contributed by atoms with van der Waals surface area (Å²) in [7, 11) is 3.46. The van der Waals surface area contributed by atoms with E-state index in [4.69, 9.17) is 14.5 Å². The van der Waals surface area contributed by atoms with Crippen LogP contribution in [0.15, 0.2) is 78.9 Å². The van der Waals surface area contributed by atoms with Crippen LogP contribution in [0.1, 0.15) is 57.2 Å². The lowest BCUT2D eigenvalue weighted by molar-refractivity contribution is 0.242. The Hall–Kier alpha value is -3.57. The molecule has 0 amide bonds. The zero-order chi connectivity index (χ0) is 27.5. The number of nitrogens with zero attached hydrogens (tertiary/aromatic N) is 3. The van der Waals surface area contributed by atoms with Gasteiger partial charge in [0.2, 0.25) is 0 Å². The largest absolute Gasteiger partial charge is 0.497 e. The van der Waals surface area contributed by atoms with Crippen LogP contribution in [0.3, 0.4) is 0 Å². The maximum atomic E-state index is 5.74. The molecular weight excluding hydrogens is 482 g/mol. The van der Waals surface area contributed by atoms with Crippen LogP contribution in [0.2, 0.25) is 0 Å². The minimum absolute atomic E-state index is 0.773. The van der Waals surface area contributed by atoms with Gasteiger partial charge < -0.3 is 14.0 Å². The number of hydrogen-bond acceptors (Lipinski definition) is 4. The molecule has 0 fully saturated rings. The van der Waals surface area contributed by atoms with Crippen LogP contribution >= 0.6 is 0 Å². The standard InChI is InChI=1S/C34H43N3O2/c1-5-7-15-23-37-31(26-36(22-8-6-2)25-29-24-30(38-3)20-21-32(29)39-4)33(27-16-11-9-12-17-27)35-34(37)28-18-13-10-14-19-28/h9-14,16-21,24H,5-8,15,22-23,25-26H2,1-4H3. The van der Waals surface area contributed by atoms with Crippen molar-refractivity contribution in [2.24, 2.45) is 0 Å². The maximum absolute atomic E-state index is 5.74. The van der Waals surface area contributed by atoms with Gasteiger partial charge in [-0.05, 0) is 37.6 Å². The molecule has 0 radical (unpaired) electrons. The second-order valence-corrected chi connectivity index (χ2v) is 10.1. The second kappa shape index (κ2) is 14.5. The Balaban J connectivity index is 1.80. The third-order valence-electron chi connectivity index (χ3n) is 7.22. The fourth-order valence-electron chi connectivity index (χ4n) is 5.10. The Bertz CT molecular complexity index is 1280. The van der Waals surface area contributed by atoms with Gasteiger partial charge in [-0.15, -0.1) is 0 Å². The first-order valence-electron chi connectivity index (χ1n) is 14.3. The molecule has 0 saturated carbocycles. The van der Waals surface area contributed by atoms with E-state index in [-0.39, 0.29) is 0 Å². The molecule has 0 spiro atoms.